The lowest BCUT2D eigenvalue weighted by molar-refractivity contribution is -0.142. The molecule has 2 saturated heterocycles. The van der Waals surface area contributed by atoms with Crippen molar-refractivity contribution in [2.45, 2.75) is 208 Å². The summed E-state index contributed by atoms with van der Waals surface area (Å²) in [6.07, 6.45) is -0.388. The van der Waals surface area contributed by atoms with E-state index in [1.807, 2.05) is 26.0 Å². The third-order valence-electron chi connectivity index (χ3n) is 20.0. The van der Waals surface area contributed by atoms with E-state index in [1.165, 1.54) is 19.1 Å². The monoisotopic (exact) mass is 1670 g/mol. The Balaban J connectivity index is 1.25. The summed E-state index contributed by atoms with van der Waals surface area (Å²) in [6, 6.07) is 17.6. The van der Waals surface area contributed by atoms with Gasteiger partial charge in [0.15, 0.2) is 0 Å². The predicted octanol–water partition coefficient (Wildman–Crippen LogP) is 0.387. The Morgan fingerprint density at radius 2 is 1.02 bits per heavy atom. The number of aliphatic carboxylic acids is 1. The number of aromatic hydroxyl groups is 1. The second kappa shape index (κ2) is 47.4. The first-order valence-electron chi connectivity index (χ1n) is 39.7. The van der Waals surface area contributed by atoms with Crippen molar-refractivity contribution in [3.8, 4) is 5.75 Å². The summed E-state index contributed by atoms with van der Waals surface area (Å²) in [7, 11) is 1.70. The minimum absolute atomic E-state index is 0.0512. The molecule has 3 heterocycles. The number of benzene rings is 5. The van der Waals surface area contributed by atoms with Crippen LogP contribution in [0.4, 0.5) is 0 Å². The van der Waals surface area contributed by atoms with Crippen LogP contribution in [-0.2, 0) is 101 Å². The molecule has 35 heteroatoms. The lowest BCUT2D eigenvalue weighted by Crippen LogP contribution is -2.63. The van der Waals surface area contributed by atoms with E-state index < -0.39 is 181 Å². The molecule has 33 nitrogen and oxygen atoms in total. The predicted molar refractivity (Wildman–Crippen MR) is 445 cm³/mol. The molecule has 13 atom stereocenters. The maximum atomic E-state index is 15.7. The first-order valence-corrected chi connectivity index (χ1v) is 42.2. The molecule has 118 heavy (non-hydrogen) atoms. The number of phenols is 1. The molecule has 12 amide bonds. The number of rotatable bonds is 22. The van der Waals surface area contributed by atoms with E-state index in [4.69, 9.17) is 11.5 Å². The Labute approximate surface area is 692 Å². The number of phenolic OH excluding ortho intramolecular Hbond substituents is 1. The fourth-order valence-electron chi connectivity index (χ4n) is 13.3. The Kier molecular flexibility index (Phi) is 37.2. The second-order valence-electron chi connectivity index (χ2n) is 29.8. The number of aromatic amines is 1. The summed E-state index contributed by atoms with van der Waals surface area (Å²) in [5.41, 5.74) is 16.5. The van der Waals surface area contributed by atoms with Gasteiger partial charge in [0.2, 0.25) is 70.9 Å². The highest BCUT2D eigenvalue weighted by atomic mass is 33.1. The smallest absolute Gasteiger partial charge is 0.327 e. The van der Waals surface area contributed by atoms with Crippen LogP contribution in [0, 0.1) is 0 Å². The molecule has 22 N–H and O–H groups in total. The summed E-state index contributed by atoms with van der Waals surface area (Å²) in [5.74, 6) is -13.9. The molecule has 5 aromatic carbocycles. The van der Waals surface area contributed by atoms with Crippen LogP contribution in [0.25, 0.3) is 10.9 Å². The number of nitrogens with two attached hydrogens (primary N) is 2. The summed E-state index contributed by atoms with van der Waals surface area (Å²) in [5, 5.41) is 78.9. The van der Waals surface area contributed by atoms with Crippen LogP contribution < -0.4 is 80.6 Å². The van der Waals surface area contributed by atoms with E-state index in [0.717, 1.165) is 27.2 Å². The molecule has 1 aromatic heterocycles. The normalized spacial score (nSPS) is 23.5. The number of aliphatic hydroxyl groups excluding tert-OH is 2. The van der Waals surface area contributed by atoms with Gasteiger partial charge in [0.25, 0.3) is 0 Å². The van der Waals surface area contributed by atoms with Crippen molar-refractivity contribution in [1.82, 2.24) is 74.1 Å². The van der Waals surface area contributed by atoms with Gasteiger partial charge in [0, 0.05) is 79.8 Å². The number of aromatic nitrogens is 1. The molecule has 0 unspecified atom stereocenters. The topological polar surface area (TPSA) is 527 Å². The number of nitrogens with one attached hydrogen (secondary N) is 14. The van der Waals surface area contributed by atoms with Gasteiger partial charge in [-0.2, -0.15) is 0 Å². The lowest BCUT2D eigenvalue weighted by atomic mass is 9.99. The number of H-pyrrole nitrogens is 1. The molecule has 2 bridgehead atoms. The van der Waals surface area contributed by atoms with Gasteiger partial charge in [0.1, 0.15) is 72.2 Å². The molecule has 636 valence electrons. The largest absolute Gasteiger partial charge is 0.508 e. The highest BCUT2D eigenvalue weighted by molar-refractivity contribution is 8.76. The first kappa shape index (κ1) is 92.6. The summed E-state index contributed by atoms with van der Waals surface area (Å²) in [4.78, 5) is 195. The van der Waals surface area contributed by atoms with Crippen LogP contribution >= 0.6 is 21.6 Å². The number of hydrogen-bond acceptors (Lipinski definition) is 21. The quantitative estimate of drug-likeness (QED) is 0.0323. The molecule has 2 aliphatic rings. The van der Waals surface area contributed by atoms with Gasteiger partial charge >= 0.3 is 5.97 Å². The molecular weight excluding hydrogens is 1560 g/mol. The minimum atomic E-state index is -1.87. The van der Waals surface area contributed by atoms with Crippen LogP contribution in [0.15, 0.2) is 140 Å². The number of carbonyl (C=O) groups excluding carboxylic acids is 12. The number of aliphatic hydroxyl groups is 2. The van der Waals surface area contributed by atoms with Gasteiger partial charge in [-0.25, -0.2) is 4.79 Å². The summed E-state index contributed by atoms with van der Waals surface area (Å²) in [6.45, 7) is 4.79. The van der Waals surface area contributed by atoms with Crippen LogP contribution in [0.1, 0.15) is 118 Å². The van der Waals surface area contributed by atoms with Gasteiger partial charge in [-0.05, 0) is 110 Å². The van der Waals surface area contributed by atoms with Crippen molar-refractivity contribution in [3.05, 3.63) is 173 Å². The molecule has 2 fully saturated rings. The van der Waals surface area contributed by atoms with Crippen molar-refractivity contribution in [2.24, 2.45) is 11.5 Å². The van der Waals surface area contributed by atoms with Crippen molar-refractivity contribution in [2.75, 3.05) is 31.2 Å². The minimum Gasteiger partial charge on any atom is -0.508 e. The molecule has 2 aliphatic heterocycles. The maximum Gasteiger partial charge on any atom is 0.327 e. The van der Waals surface area contributed by atoms with E-state index >= 15 is 28.8 Å². The fourth-order valence-corrected chi connectivity index (χ4v) is 15.6. The summed E-state index contributed by atoms with van der Waals surface area (Å²) < 4.78 is 0. The molecule has 0 aliphatic carbocycles. The third kappa shape index (κ3) is 29.9. The van der Waals surface area contributed by atoms with Gasteiger partial charge in [0.05, 0.1) is 18.8 Å². The zero-order chi connectivity index (χ0) is 85.2. The molecule has 8 rings (SSSR count). The SMILES string of the molecule is CC(C)NCc1ccc(C[C@@H]2NC(=O)[C@@H](Cc3c[nH]c4ccccc34)NC(=O)[C@@H]3CCC(=O)NCCCCCC[C@H](NC(=O)[C@H](Cc4ccccc4)NC(=O)[C@H]([C@@H](C)O)NC2=O)C(=O)N[C@@H](CO)C(=O)N[C@H](C(=O)O)CSSC[C@H](NC(=O)[C@@H](N)Cc2ccc(O)cc2)C(=O)N[C@@H](CCCCN)C(=O)N[C@@H](Cc2ccccc2)C(=O)N3)cc1. The van der Waals surface area contributed by atoms with Gasteiger partial charge in [-0.1, -0.05) is 170 Å². The van der Waals surface area contributed by atoms with Gasteiger partial charge < -0.3 is 106 Å². The van der Waals surface area contributed by atoms with E-state index in [2.05, 4.69) is 74.1 Å². The standard InChI is InChI=1S/C83H110N16O17S2/c1-48(2)87-43-54-28-26-53(27-29-54)41-65-79(111)99-71(49(3)101)82(114)95-64(40-51-20-10-7-11-21-51)77(109)89-60-24-12-4-5-17-37-86-70(103)35-34-62(75(107)94-66(78(110)93-65)42-55-44-88-59-23-14-13-22-57(55)59)91-76(108)63(39-50-18-8-6-9-19-50)92-73(105)61(25-15-16-36-84)90-81(113)68(97-72(104)58(85)38-52-30-32-56(102)33-31-52)46-117-118-47-69(83(115)116)98-80(112)67(45-100)96-74(60)106/h6-11,13-14,18-23,26-33,44,48-49,58,60-69,71,87-88,100-102H,4-5,12,15-17,24-25,34-43,45-47,84-85H2,1-3H3,(H,86,103)(H,89,109)(H,90,113)(H,91,108)(H,92,105)(H,93,110)(H,94,107)(H,95,114)(H,96,106)(H,97,104)(H,98,112)(H,99,111)(H,115,116)/t49-,58+,60+,61+,62+,63+,64+,65+,66-,67+,68+,69+,71+/m1/s1. The zero-order valence-electron chi connectivity index (χ0n) is 66.3. The third-order valence-corrected chi connectivity index (χ3v) is 22.5. The average molecular weight is 1670 g/mol. The highest BCUT2D eigenvalue weighted by Crippen LogP contribution is 2.25. The Bertz CT molecular complexity index is 4360. The highest BCUT2D eigenvalue weighted by Gasteiger charge is 2.39. The molecule has 6 aromatic rings. The van der Waals surface area contributed by atoms with Crippen molar-refractivity contribution in [1.29, 1.82) is 0 Å². The lowest BCUT2D eigenvalue weighted by Gasteiger charge is -2.29. The van der Waals surface area contributed by atoms with E-state index in [1.54, 1.807) is 115 Å². The number of amides is 12. The Morgan fingerprint density at radius 1 is 0.517 bits per heavy atom. The van der Waals surface area contributed by atoms with E-state index in [9.17, 15) is 54.0 Å². The van der Waals surface area contributed by atoms with Crippen LogP contribution in [0.3, 0.4) is 0 Å². The summed E-state index contributed by atoms with van der Waals surface area (Å²) >= 11 is 0. The number of hydrogen-bond donors (Lipinski definition) is 20. The van der Waals surface area contributed by atoms with Gasteiger partial charge in [-0.15, -0.1) is 0 Å². The van der Waals surface area contributed by atoms with Gasteiger partial charge in [-0.3, -0.25) is 57.5 Å². The van der Waals surface area contributed by atoms with Crippen LogP contribution in [-0.4, -0.2) is 218 Å². The fraction of sp³-hybridized carbons (Fsp3) is 0.458. The Morgan fingerprint density at radius 3 is 1.62 bits per heavy atom. The average Bonchev–Trinajstić information content (AvgIpc) is 1.61. The number of para-hydroxylation sites is 1. The Hall–Kier alpha value is -11.0. The van der Waals surface area contributed by atoms with Crippen LogP contribution in [0.2, 0.25) is 0 Å². The second-order valence-corrected chi connectivity index (χ2v) is 32.3. The molecular formula is C83H110N16O17S2. The number of carboxylic acids is 1. The number of unbranched alkanes of at least 4 members (excludes halogenated alkanes) is 1. The van der Waals surface area contributed by atoms with E-state index in [-0.39, 0.29) is 88.4 Å². The van der Waals surface area contributed by atoms with E-state index in [0.29, 0.717) is 70.9 Å². The first-order chi connectivity index (χ1) is 56.6. The van der Waals surface area contributed by atoms with Crippen molar-refractivity contribution < 1.29 is 82.8 Å². The molecule has 0 radical (unpaired) electrons. The zero-order valence-corrected chi connectivity index (χ0v) is 67.9. The molecule has 0 saturated carbocycles. The maximum absolute atomic E-state index is 15.7. The number of carbonyl (C=O) groups is 13. The molecule has 0 spiro atoms. The van der Waals surface area contributed by atoms with Crippen molar-refractivity contribution in [3.63, 3.8) is 0 Å². The van der Waals surface area contributed by atoms with Crippen LogP contribution in [0.5, 0.6) is 5.75 Å². The van der Waals surface area contributed by atoms with Crippen molar-refractivity contribution >= 4 is 109 Å². The number of carboxylic acid groups (broad SMARTS) is 1. The number of fused-ring (bicyclic) bond motifs is 12.